The highest BCUT2D eigenvalue weighted by molar-refractivity contribution is 5.38. The number of aromatic nitrogens is 2. The molecule has 0 spiro atoms. The van der Waals surface area contributed by atoms with Gasteiger partial charge >= 0.3 is 0 Å². The molecule has 2 aliphatic rings. The summed E-state index contributed by atoms with van der Waals surface area (Å²) in [6, 6.07) is 0.708. The van der Waals surface area contributed by atoms with Crippen LogP contribution < -0.4 is 15.8 Å². The summed E-state index contributed by atoms with van der Waals surface area (Å²) in [5.74, 6) is 1.29. The lowest BCUT2D eigenvalue weighted by molar-refractivity contribution is 0.340. The van der Waals surface area contributed by atoms with E-state index in [4.69, 9.17) is 0 Å². The van der Waals surface area contributed by atoms with E-state index in [9.17, 15) is 4.79 Å². The Labute approximate surface area is 113 Å². The summed E-state index contributed by atoms with van der Waals surface area (Å²) in [5.41, 5.74) is 0.0381. The van der Waals surface area contributed by atoms with Gasteiger partial charge in [0.05, 0.1) is 0 Å². The van der Waals surface area contributed by atoms with Crippen molar-refractivity contribution in [2.45, 2.75) is 38.8 Å². The molecule has 2 atom stereocenters. The van der Waals surface area contributed by atoms with Crippen LogP contribution in [0.1, 0.15) is 32.7 Å². The second kappa shape index (κ2) is 4.96. The lowest BCUT2D eigenvalue weighted by atomic mass is 9.94. The summed E-state index contributed by atoms with van der Waals surface area (Å²) < 4.78 is 1.76. The second-order valence-electron chi connectivity index (χ2n) is 5.92. The smallest absolute Gasteiger partial charge is 0.293 e. The predicted molar refractivity (Wildman–Crippen MR) is 75.6 cm³/mol. The molecule has 2 fully saturated rings. The highest BCUT2D eigenvalue weighted by Gasteiger charge is 2.35. The average molecular weight is 262 g/mol. The molecule has 1 aromatic heterocycles. The summed E-state index contributed by atoms with van der Waals surface area (Å²) in [6.07, 6.45) is 6.02. The fourth-order valence-electron chi connectivity index (χ4n) is 3.26. The Kier molecular flexibility index (Phi) is 3.31. The first-order valence-electron chi connectivity index (χ1n) is 7.22. The van der Waals surface area contributed by atoms with E-state index in [-0.39, 0.29) is 11.6 Å². The van der Waals surface area contributed by atoms with Crippen LogP contribution in [0.2, 0.25) is 0 Å². The van der Waals surface area contributed by atoms with Crippen LogP contribution in [-0.2, 0) is 0 Å². The lowest BCUT2D eigenvalue weighted by Gasteiger charge is -2.24. The van der Waals surface area contributed by atoms with Gasteiger partial charge in [0.25, 0.3) is 5.56 Å². The number of nitrogens with one attached hydrogen (secondary N) is 1. The summed E-state index contributed by atoms with van der Waals surface area (Å²) in [7, 11) is 0. The first-order valence-corrected chi connectivity index (χ1v) is 7.22. The van der Waals surface area contributed by atoms with E-state index in [1.807, 2.05) is 13.8 Å². The quantitative estimate of drug-likeness (QED) is 0.864. The van der Waals surface area contributed by atoms with E-state index in [1.54, 1.807) is 17.0 Å². The van der Waals surface area contributed by atoms with Crippen LogP contribution >= 0.6 is 0 Å². The van der Waals surface area contributed by atoms with Crippen molar-refractivity contribution in [3.05, 3.63) is 22.7 Å². The maximum Gasteiger partial charge on any atom is 0.293 e. The molecule has 0 aliphatic carbocycles. The largest absolute Gasteiger partial charge is 0.350 e. The summed E-state index contributed by atoms with van der Waals surface area (Å²) in [4.78, 5) is 18.9. The molecule has 0 unspecified atom stereocenters. The predicted octanol–water partition coefficient (Wildman–Crippen LogP) is 1.01. The number of anilines is 1. The topological polar surface area (TPSA) is 50.2 Å². The minimum atomic E-state index is 0.0381. The number of hydrogen-bond acceptors (Lipinski definition) is 4. The molecular weight excluding hydrogens is 240 g/mol. The van der Waals surface area contributed by atoms with Crippen LogP contribution in [0.25, 0.3) is 0 Å². The zero-order valence-electron chi connectivity index (χ0n) is 11.7. The molecule has 3 rings (SSSR count). The van der Waals surface area contributed by atoms with E-state index in [0.29, 0.717) is 17.8 Å². The maximum atomic E-state index is 12.4. The van der Waals surface area contributed by atoms with Crippen LogP contribution in [0.4, 0.5) is 5.82 Å². The third-order valence-electron chi connectivity index (χ3n) is 4.30. The standard InChI is InChI=1S/C14H22N4O/c1-10(2)18-7-6-16-13(14(18)19)17-8-11-4-3-5-15-12(11)9-17/h6-7,10-12,15H,3-5,8-9H2,1-2H3/t11-,12+/m0/s1. The zero-order valence-corrected chi connectivity index (χ0v) is 11.7. The Morgan fingerprint density at radius 3 is 3.00 bits per heavy atom. The summed E-state index contributed by atoms with van der Waals surface area (Å²) >= 11 is 0. The molecule has 5 heteroatoms. The average Bonchev–Trinajstić information content (AvgIpc) is 2.82. The molecule has 0 amide bonds. The van der Waals surface area contributed by atoms with Crippen LogP contribution in [0, 0.1) is 5.92 Å². The number of nitrogens with zero attached hydrogens (tertiary/aromatic N) is 3. The van der Waals surface area contributed by atoms with Crippen molar-refractivity contribution < 1.29 is 0 Å². The van der Waals surface area contributed by atoms with Gasteiger partial charge < -0.3 is 14.8 Å². The van der Waals surface area contributed by atoms with Gasteiger partial charge in [0.2, 0.25) is 0 Å². The van der Waals surface area contributed by atoms with Crippen molar-refractivity contribution in [1.82, 2.24) is 14.9 Å². The van der Waals surface area contributed by atoms with Crippen molar-refractivity contribution in [2.24, 2.45) is 5.92 Å². The molecule has 1 N–H and O–H groups in total. The summed E-state index contributed by atoms with van der Waals surface area (Å²) in [6.45, 7) is 7.03. The molecule has 2 aliphatic heterocycles. The molecule has 2 saturated heterocycles. The monoisotopic (exact) mass is 262 g/mol. The van der Waals surface area contributed by atoms with Gasteiger partial charge in [-0.3, -0.25) is 4.79 Å². The van der Waals surface area contributed by atoms with E-state index < -0.39 is 0 Å². The van der Waals surface area contributed by atoms with Gasteiger partial charge in [0, 0.05) is 37.6 Å². The van der Waals surface area contributed by atoms with Crippen LogP contribution in [-0.4, -0.2) is 35.2 Å². The molecule has 0 aromatic carbocycles. The van der Waals surface area contributed by atoms with Crippen LogP contribution in [0.15, 0.2) is 17.2 Å². The van der Waals surface area contributed by atoms with E-state index in [1.165, 1.54) is 12.8 Å². The van der Waals surface area contributed by atoms with Gasteiger partial charge in [-0.25, -0.2) is 4.98 Å². The number of fused-ring (bicyclic) bond motifs is 1. The van der Waals surface area contributed by atoms with Gasteiger partial charge in [-0.1, -0.05) is 0 Å². The molecule has 5 nitrogen and oxygen atoms in total. The minimum Gasteiger partial charge on any atom is -0.350 e. The Balaban J connectivity index is 1.87. The van der Waals surface area contributed by atoms with Gasteiger partial charge in [-0.2, -0.15) is 0 Å². The zero-order chi connectivity index (χ0) is 13.4. The highest BCUT2D eigenvalue weighted by atomic mass is 16.1. The highest BCUT2D eigenvalue weighted by Crippen LogP contribution is 2.26. The second-order valence-corrected chi connectivity index (χ2v) is 5.92. The Bertz CT molecular complexity index is 496. The normalized spacial score (nSPS) is 26.8. The fraction of sp³-hybridized carbons (Fsp3) is 0.714. The van der Waals surface area contributed by atoms with E-state index in [2.05, 4.69) is 15.2 Å². The number of rotatable bonds is 2. The SMILES string of the molecule is CC(C)n1ccnc(N2C[C@@H]3CCCN[C@@H]3C2)c1=O. The fourth-order valence-corrected chi connectivity index (χ4v) is 3.26. The van der Waals surface area contributed by atoms with Crippen LogP contribution in [0.5, 0.6) is 0 Å². The van der Waals surface area contributed by atoms with E-state index in [0.717, 1.165) is 19.6 Å². The van der Waals surface area contributed by atoms with Gasteiger partial charge in [-0.05, 0) is 39.2 Å². The van der Waals surface area contributed by atoms with Crippen molar-refractivity contribution >= 4 is 5.82 Å². The number of piperidine rings is 1. The molecule has 19 heavy (non-hydrogen) atoms. The molecule has 0 bridgehead atoms. The van der Waals surface area contributed by atoms with Crippen molar-refractivity contribution in [3.63, 3.8) is 0 Å². The first kappa shape index (κ1) is 12.7. The molecule has 0 radical (unpaired) electrons. The summed E-state index contributed by atoms with van der Waals surface area (Å²) in [5, 5.41) is 3.56. The van der Waals surface area contributed by atoms with Crippen LogP contribution in [0.3, 0.4) is 0 Å². The van der Waals surface area contributed by atoms with Gasteiger partial charge in [-0.15, -0.1) is 0 Å². The first-order chi connectivity index (χ1) is 9.16. The minimum absolute atomic E-state index is 0.0381. The van der Waals surface area contributed by atoms with Crippen molar-refractivity contribution in [1.29, 1.82) is 0 Å². The molecule has 0 saturated carbocycles. The van der Waals surface area contributed by atoms with E-state index >= 15 is 0 Å². The third kappa shape index (κ3) is 2.27. The van der Waals surface area contributed by atoms with Gasteiger partial charge in [0.1, 0.15) is 0 Å². The Morgan fingerprint density at radius 1 is 1.42 bits per heavy atom. The number of hydrogen-bond donors (Lipinski definition) is 1. The Morgan fingerprint density at radius 2 is 2.26 bits per heavy atom. The lowest BCUT2D eigenvalue weighted by Crippen LogP contribution is -2.41. The molecule has 3 heterocycles. The third-order valence-corrected chi connectivity index (χ3v) is 4.30. The van der Waals surface area contributed by atoms with Crippen molar-refractivity contribution in [3.8, 4) is 0 Å². The molecule has 104 valence electrons. The Hall–Kier alpha value is -1.36. The molecular formula is C14H22N4O. The van der Waals surface area contributed by atoms with Gasteiger partial charge in [0.15, 0.2) is 5.82 Å². The van der Waals surface area contributed by atoms with Crippen molar-refractivity contribution in [2.75, 3.05) is 24.5 Å². The molecule has 1 aromatic rings. The maximum absolute atomic E-state index is 12.4.